The lowest BCUT2D eigenvalue weighted by atomic mass is 9.78. The third-order valence-electron chi connectivity index (χ3n) is 8.78. The second-order valence-electron chi connectivity index (χ2n) is 11.2. The van der Waals surface area contributed by atoms with Crippen molar-refractivity contribution in [2.24, 2.45) is 0 Å². The van der Waals surface area contributed by atoms with Crippen LogP contribution >= 0.6 is 0 Å². The van der Waals surface area contributed by atoms with E-state index in [0.717, 1.165) is 28.5 Å². The molecule has 0 fully saturated rings. The summed E-state index contributed by atoms with van der Waals surface area (Å²) in [5, 5.41) is 0. The topological polar surface area (TPSA) is 7.76 Å². The van der Waals surface area contributed by atoms with Gasteiger partial charge in [-0.1, -0.05) is 48.5 Å². The molecule has 0 saturated carbocycles. The fourth-order valence-electron chi connectivity index (χ4n) is 6.85. The third-order valence-corrected chi connectivity index (χ3v) is 8.78. The standard InChI is InChI=1S/C36H26F6N2/c1-22-34-29(26-11-5-6-12-28(26)32-13-7-8-17-44(32)34)15-14-27-30(20-25(35(37,38)39)21-31(27)36(40,41)42)33-19-24(16-18-43(22)33)23-9-3-2-4-10-23/h2-13,16-21,29,34H,1,14-15H2/q+2. The van der Waals surface area contributed by atoms with Crippen molar-refractivity contribution >= 4 is 5.70 Å². The van der Waals surface area contributed by atoms with Crippen LogP contribution in [0.5, 0.6) is 0 Å². The maximum Gasteiger partial charge on any atom is 0.416 e. The Morgan fingerprint density at radius 2 is 1.39 bits per heavy atom. The Labute approximate surface area is 250 Å². The lowest BCUT2D eigenvalue weighted by Gasteiger charge is -2.29. The van der Waals surface area contributed by atoms with Crippen LogP contribution in [0.3, 0.4) is 0 Å². The molecule has 0 N–H and O–H groups in total. The van der Waals surface area contributed by atoms with E-state index in [1.807, 2.05) is 85.1 Å². The number of nitrogens with zero attached hydrogens (tertiary/aromatic N) is 2. The highest BCUT2D eigenvalue weighted by molar-refractivity contribution is 5.73. The van der Waals surface area contributed by atoms with Crippen molar-refractivity contribution in [1.82, 2.24) is 0 Å². The van der Waals surface area contributed by atoms with Crippen LogP contribution in [0.15, 0.2) is 116 Å². The van der Waals surface area contributed by atoms with E-state index >= 15 is 0 Å². The first kappa shape index (κ1) is 28.1. The average Bonchev–Trinajstić information content (AvgIpc) is 3.06. The monoisotopic (exact) mass is 600 g/mol. The van der Waals surface area contributed by atoms with Crippen LogP contribution in [0.1, 0.15) is 40.6 Å². The van der Waals surface area contributed by atoms with Gasteiger partial charge in [0, 0.05) is 29.8 Å². The smallest absolute Gasteiger partial charge is 0.184 e. The van der Waals surface area contributed by atoms with Crippen LogP contribution in [-0.2, 0) is 18.8 Å². The number of halogens is 6. The fraction of sp³-hybridized carbons (Fsp3) is 0.167. The van der Waals surface area contributed by atoms with Gasteiger partial charge < -0.3 is 0 Å². The molecule has 2 atom stereocenters. The molecule has 44 heavy (non-hydrogen) atoms. The van der Waals surface area contributed by atoms with Gasteiger partial charge in [0.1, 0.15) is 0 Å². The first-order valence-electron chi connectivity index (χ1n) is 14.2. The van der Waals surface area contributed by atoms with E-state index in [4.69, 9.17) is 0 Å². The zero-order valence-corrected chi connectivity index (χ0v) is 23.3. The molecule has 0 radical (unpaired) electrons. The van der Waals surface area contributed by atoms with Crippen LogP contribution in [0.2, 0.25) is 0 Å². The normalized spacial score (nSPS) is 17.6. The van der Waals surface area contributed by atoms with E-state index in [1.165, 1.54) is 0 Å². The largest absolute Gasteiger partial charge is 0.416 e. The molecule has 220 valence electrons. The van der Waals surface area contributed by atoms with Crippen molar-refractivity contribution < 1.29 is 35.5 Å². The average molecular weight is 601 g/mol. The minimum Gasteiger partial charge on any atom is -0.184 e. The van der Waals surface area contributed by atoms with E-state index in [-0.39, 0.29) is 41.6 Å². The number of benzene rings is 3. The molecule has 0 aliphatic carbocycles. The Balaban J connectivity index is 1.56. The summed E-state index contributed by atoms with van der Waals surface area (Å²) in [7, 11) is 0. The van der Waals surface area contributed by atoms with Gasteiger partial charge in [-0.05, 0) is 65.9 Å². The molecule has 2 unspecified atom stereocenters. The first-order valence-corrected chi connectivity index (χ1v) is 14.2. The number of rotatable bonds is 1. The van der Waals surface area contributed by atoms with Gasteiger partial charge in [-0.15, -0.1) is 0 Å². The zero-order valence-electron chi connectivity index (χ0n) is 23.3. The van der Waals surface area contributed by atoms with E-state index < -0.39 is 29.5 Å². The van der Waals surface area contributed by atoms with E-state index in [9.17, 15) is 26.3 Å². The van der Waals surface area contributed by atoms with Gasteiger partial charge in [-0.3, -0.25) is 0 Å². The summed E-state index contributed by atoms with van der Waals surface area (Å²) >= 11 is 0. The summed E-state index contributed by atoms with van der Waals surface area (Å²) < 4.78 is 90.2. The quantitative estimate of drug-likeness (QED) is 0.134. The van der Waals surface area contributed by atoms with Crippen molar-refractivity contribution in [3.8, 4) is 33.6 Å². The molecule has 0 amide bonds. The van der Waals surface area contributed by atoms with Gasteiger partial charge in [-0.2, -0.15) is 35.5 Å². The van der Waals surface area contributed by atoms with Crippen molar-refractivity contribution in [1.29, 1.82) is 0 Å². The van der Waals surface area contributed by atoms with Crippen LogP contribution in [0.25, 0.3) is 39.3 Å². The number of hydrogen-bond donors (Lipinski definition) is 0. The van der Waals surface area contributed by atoms with E-state index in [1.54, 1.807) is 16.8 Å². The second kappa shape index (κ2) is 10.2. The molecule has 0 spiro atoms. The Morgan fingerprint density at radius 1 is 0.659 bits per heavy atom. The predicted molar refractivity (Wildman–Crippen MR) is 155 cm³/mol. The molecule has 5 aromatic rings. The van der Waals surface area contributed by atoms with Gasteiger partial charge in [0.15, 0.2) is 12.4 Å². The SMILES string of the molecule is C=C1C2C(CCc3c(cc(C(F)(F)F)cc3C(F)(F)F)-c3cc(-c4ccccc4)cc[n+]31)c1ccccc1-c1cccc[n+]12. The Hall–Kier alpha value is -4.72. The maximum atomic E-state index is 14.7. The lowest BCUT2D eigenvalue weighted by Crippen LogP contribution is -2.53. The number of pyridine rings is 2. The summed E-state index contributed by atoms with van der Waals surface area (Å²) in [4.78, 5) is 0. The van der Waals surface area contributed by atoms with Gasteiger partial charge in [0.2, 0.25) is 23.1 Å². The first-order chi connectivity index (χ1) is 21.0. The molecule has 2 aliphatic heterocycles. The Morgan fingerprint density at radius 3 is 2.14 bits per heavy atom. The molecule has 0 saturated heterocycles. The van der Waals surface area contributed by atoms with Crippen LogP contribution in [0, 0.1) is 0 Å². The highest BCUT2D eigenvalue weighted by Crippen LogP contribution is 2.48. The number of alkyl halides is 6. The molecular formula is C36H26F6N2+2. The van der Waals surface area contributed by atoms with Crippen molar-refractivity contribution in [3.63, 3.8) is 0 Å². The number of hydrogen-bond acceptors (Lipinski definition) is 0. The second-order valence-corrected chi connectivity index (χ2v) is 11.2. The number of fused-ring (bicyclic) bond motifs is 9. The van der Waals surface area contributed by atoms with E-state index in [2.05, 4.69) is 11.1 Å². The van der Waals surface area contributed by atoms with Crippen molar-refractivity contribution in [2.45, 2.75) is 37.2 Å². The molecule has 3 aromatic carbocycles. The van der Waals surface area contributed by atoms with Crippen LogP contribution in [-0.4, -0.2) is 0 Å². The highest BCUT2D eigenvalue weighted by Gasteiger charge is 2.48. The van der Waals surface area contributed by atoms with Gasteiger partial charge in [0.05, 0.1) is 22.6 Å². The summed E-state index contributed by atoms with van der Waals surface area (Å²) in [5.74, 6) is -0.290. The van der Waals surface area contributed by atoms with E-state index in [0.29, 0.717) is 11.3 Å². The Bertz CT molecular complexity index is 1920. The lowest BCUT2D eigenvalue weighted by molar-refractivity contribution is -0.727. The van der Waals surface area contributed by atoms with Gasteiger partial charge in [-0.25, -0.2) is 0 Å². The van der Waals surface area contributed by atoms with Crippen molar-refractivity contribution in [2.75, 3.05) is 0 Å². The molecule has 7 rings (SSSR count). The molecule has 2 nitrogen and oxygen atoms in total. The minimum atomic E-state index is -5.00. The molecular weight excluding hydrogens is 574 g/mol. The van der Waals surface area contributed by atoms with Crippen LogP contribution in [0.4, 0.5) is 26.3 Å². The maximum absolute atomic E-state index is 14.7. The van der Waals surface area contributed by atoms with Crippen molar-refractivity contribution in [3.05, 3.63) is 138 Å². The number of allylic oxidation sites excluding steroid dienone is 1. The summed E-state index contributed by atoms with van der Waals surface area (Å²) in [6.45, 7) is 4.47. The van der Waals surface area contributed by atoms with Crippen LogP contribution < -0.4 is 9.13 Å². The highest BCUT2D eigenvalue weighted by atomic mass is 19.4. The third kappa shape index (κ3) is 4.60. The number of aromatic nitrogens is 2. The zero-order chi connectivity index (χ0) is 30.8. The summed E-state index contributed by atoms with van der Waals surface area (Å²) in [5.41, 5.74) is 2.24. The van der Waals surface area contributed by atoms with Gasteiger partial charge in [0.25, 0.3) is 0 Å². The predicted octanol–water partition coefficient (Wildman–Crippen LogP) is 9.06. The molecule has 8 heteroatoms. The van der Waals surface area contributed by atoms with Gasteiger partial charge >= 0.3 is 12.4 Å². The fourth-order valence-corrected chi connectivity index (χ4v) is 6.85. The summed E-state index contributed by atoms with van der Waals surface area (Å²) in [6, 6.07) is 27.0. The molecule has 2 aromatic heterocycles. The summed E-state index contributed by atoms with van der Waals surface area (Å²) in [6.07, 6.45) is -6.14. The molecule has 4 heterocycles. The molecule has 0 bridgehead atoms. The minimum absolute atomic E-state index is 0.0800. The Kier molecular flexibility index (Phi) is 6.50. The molecule has 2 aliphatic rings.